The smallest absolute Gasteiger partial charge is 0.325 e. The first-order valence-electron chi connectivity index (χ1n) is 6.54. The highest BCUT2D eigenvalue weighted by atomic mass is 16.5. The molecule has 0 amide bonds. The van der Waals surface area contributed by atoms with E-state index in [9.17, 15) is 4.79 Å². The summed E-state index contributed by atoms with van der Waals surface area (Å²) in [4.78, 5) is 11.6. The molecule has 1 aliphatic heterocycles. The molecule has 0 aromatic heterocycles. The molecule has 4 heteroatoms. The third-order valence-electron chi connectivity index (χ3n) is 3.31. The van der Waals surface area contributed by atoms with Gasteiger partial charge in [-0.3, -0.25) is 4.79 Å². The van der Waals surface area contributed by atoms with Crippen molar-refractivity contribution in [1.82, 2.24) is 0 Å². The monoisotopic (exact) mass is 243 g/mol. The molecule has 1 saturated heterocycles. The fraction of sp³-hybridized carbons (Fsp3) is 0.923. The van der Waals surface area contributed by atoms with Crippen molar-refractivity contribution >= 4 is 5.97 Å². The SMILES string of the molecule is CC(C)CC[C@@H]1CCOC[C@H](N)C(=O)O[C@H]1C. The molecule has 1 fully saturated rings. The molecule has 0 saturated carbocycles. The van der Waals surface area contributed by atoms with Crippen LogP contribution < -0.4 is 5.73 Å². The Labute approximate surface area is 104 Å². The first-order valence-corrected chi connectivity index (χ1v) is 6.54. The van der Waals surface area contributed by atoms with Gasteiger partial charge < -0.3 is 15.2 Å². The number of cyclic esters (lactones) is 1. The fourth-order valence-corrected chi connectivity index (χ4v) is 2.04. The number of ether oxygens (including phenoxy) is 2. The van der Waals surface area contributed by atoms with Crippen molar-refractivity contribution in [3.05, 3.63) is 0 Å². The number of rotatable bonds is 3. The van der Waals surface area contributed by atoms with Gasteiger partial charge in [0.25, 0.3) is 0 Å². The summed E-state index contributed by atoms with van der Waals surface area (Å²) >= 11 is 0. The summed E-state index contributed by atoms with van der Waals surface area (Å²) in [5.74, 6) is 0.717. The van der Waals surface area contributed by atoms with Crippen LogP contribution in [0.3, 0.4) is 0 Å². The van der Waals surface area contributed by atoms with Crippen LogP contribution >= 0.6 is 0 Å². The molecule has 100 valence electrons. The van der Waals surface area contributed by atoms with E-state index in [2.05, 4.69) is 13.8 Å². The van der Waals surface area contributed by atoms with Gasteiger partial charge in [-0.25, -0.2) is 0 Å². The lowest BCUT2D eigenvalue weighted by Gasteiger charge is -2.24. The Morgan fingerprint density at radius 1 is 1.47 bits per heavy atom. The van der Waals surface area contributed by atoms with Gasteiger partial charge >= 0.3 is 5.97 Å². The predicted molar refractivity (Wildman–Crippen MR) is 66.5 cm³/mol. The van der Waals surface area contributed by atoms with Crippen LogP contribution in [0, 0.1) is 11.8 Å². The molecule has 0 unspecified atom stereocenters. The quantitative estimate of drug-likeness (QED) is 0.767. The van der Waals surface area contributed by atoms with Crippen LogP contribution in [0.25, 0.3) is 0 Å². The predicted octanol–water partition coefficient (Wildman–Crippen LogP) is 1.72. The highest BCUT2D eigenvalue weighted by molar-refractivity contribution is 5.75. The Hall–Kier alpha value is -0.610. The molecule has 17 heavy (non-hydrogen) atoms. The van der Waals surface area contributed by atoms with E-state index in [1.165, 1.54) is 0 Å². The lowest BCUT2D eigenvalue weighted by Crippen LogP contribution is -2.38. The molecule has 3 atom stereocenters. The van der Waals surface area contributed by atoms with E-state index < -0.39 is 6.04 Å². The second-order valence-electron chi connectivity index (χ2n) is 5.34. The van der Waals surface area contributed by atoms with Gasteiger partial charge in [0.15, 0.2) is 0 Å². The highest BCUT2D eigenvalue weighted by Gasteiger charge is 2.26. The van der Waals surface area contributed by atoms with E-state index in [0.717, 1.165) is 19.3 Å². The first kappa shape index (κ1) is 14.5. The molecule has 1 heterocycles. The molecule has 0 aromatic carbocycles. The minimum Gasteiger partial charge on any atom is -0.461 e. The Balaban J connectivity index is 2.53. The van der Waals surface area contributed by atoms with Gasteiger partial charge in [-0.05, 0) is 31.6 Å². The van der Waals surface area contributed by atoms with Crippen LogP contribution in [-0.4, -0.2) is 31.3 Å². The number of carbonyl (C=O) groups excluding carboxylic acids is 1. The van der Waals surface area contributed by atoms with E-state index in [0.29, 0.717) is 18.4 Å². The van der Waals surface area contributed by atoms with Crippen molar-refractivity contribution < 1.29 is 14.3 Å². The highest BCUT2D eigenvalue weighted by Crippen LogP contribution is 2.22. The van der Waals surface area contributed by atoms with E-state index in [-0.39, 0.29) is 18.7 Å². The van der Waals surface area contributed by atoms with Crippen molar-refractivity contribution in [2.45, 2.75) is 52.2 Å². The second kappa shape index (κ2) is 6.97. The fourth-order valence-electron chi connectivity index (χ4n) is 2.04. The molecule has 1 aliphatic rings. The lowest BCUT2D eigenvalue weighted by molar-refractivity contribution is -0.152. The van der Waals surface area contributed by atoms with Crippen LogP contribution in [-0.2, 0) is 14.3 Å². The normalized spacial score (nSPS) is 31.6. The average molecular weight is 243 g/mol. The summed E-state index contributed by atoms with van der Waals surface area (Å²) in [6, 6.07) is -0.638. The van der Waals surface area contributed by atoms with E-state index in [1.807, 2.05) is 6.92 Å². The van der Waals surface area contributed by atoms with Gasteiger partial charge in [0.05, 0.1) is 6.61 Å². The molecule has 0 bridgehead atoms. The largest absolute Gasteiger partial charge is 0.461 e. The van der Waals surface area contributed by atoms with Crippen molar-refractivity contribution in [2.24, 2.45) is 17.6 Å². The number of carbonyl (C=O) groups is 1. The van der Waals surface area contributed by atoms with Gasteiger partial charge in [-0.1, -0.05) is 20.3 Å². The zero-order valence-electron chi connectivity index (χ0n) is 11.1. The van der Waals surface area contributed by atoms with Crippen molar-refractivity contribution in [3.8, 4) is 0 Å². The van der Waals surface area contributed by atoms with Crippen LogP contribution in [0.4, 0.5) is 0 Å². The zero-order chi connectivity index (χ0) is 12.8. The lowest BCUT2D eigenvalue weighted by atomic mass is 9.91. The first-order chi connectivity index (χ1) is 8.00. The maximum atomic E-state index is 11.6. The Morgan fingerprint density at radius 2 is 2.18 bits per heavy atom. The van der Waals surface area contributed by atoms with Gasteiger partial charge in [0, 0.05) is 6.61 Å². The van der Waals surface area contributed by atoms with Gasteiger partial charge in [-0.15, -0.1) is 0 Å². The molecular formula is C13H25NO3. The molecule has 0 radical (unpaired) electrons. The second-order valence-corrected chi connectivity index (χ2v) is 5.34. The third kappa shape index (κ3) is 5.04. The summed E-state index contributed by atoms with van der Waals surface area (Å²) in [6.07, 6.45) is 3.10. The maximum absolute atomic E-state index is 11.6. The standard InChI is InChI=1S/C13H25NO3/c1-9(2)4-5-11-6-7-16-8-12(14)13(15)17-10(11)3/h9-12H,4-8,14H2,1-3H3/t10-,11+,12-/m0/s1. The average Bonchev–Trinajstić information content (AvgIpc) is 2.30. The van der Waals surface area contributed by atoms with Gasteiger partial charge in [0.1, 0.15) is 12.1 Å². The minimum absolute atomic E-state index is 0.0611. The molecule has 2 N–H and O–H groups in total. The number of esters is 1. The third-order valence-corrected chi connectivity index (χ3v) is 3.31. The summed E-state index contributed by atoms with van der Waals surface area (Å²) in [5, 5.41) is 0. The van der Waals surface area contributed by atoms with Gasteiger partial charge in [-0.2, -0.15) is 0 Å². The zero-order valence-corrected chi connectivity index (χ0v) is 11.1. The number of hydrogen-bond donors (Lipinski definition) is 1. The van der Waals surface area contributed by atoms with Crippen LogP contribution in [0.2, 0.25) is 0 Å². The van der Waals surface area contributed by atoms with E-state index >= 15 is 0 Å². The Bertz CT molecular complexity index is 243. The van der Waals surface area contributed by atoms with Crippen molar-refractivity contribution in [1.29, 1.82) is 0 Å². The van der Waals surface area contributed by atoms with E-state index in [4.69, 9.17) is 15.2 Å². The Kier molecular flexibility index (Phi) is 5.92. The molecular weight excluding hydrogens is 218 g/mol. The Morgan fingerprint density at radius 3 is 2.82 bits per heavy atom. The molecule has 4 nitrogen and oxygen atoms in total. The summed E-state index contributed by atoms with van der Waals surface area (Å²) in [5.41, 5.74) is 5.65. The van der Waals surface area contributed by atoms with Gasteiger partial charge in [0.2, 0.25) is 0 Å². The van der Waals surface area contributed by atoms with Crippen LogP contribution in [0.15, 0.2) is 0 Å². The van der Waals surface area contributed by atoms with Crippen molar-refractivity contribution in [2.75, 3.05) is 13.2 Å². The van der Waals surface area contributed by atoms with Crippen LogP contribution in [0.5, 0.6) is 0 Å². The number of hydrogen-bond acceptors (Lipinski definition) is 4. The topological polar surface area (TPSA) is 61.5 Å². The van der Waals surface area contributed by atoms with Crippen LogP contribution in [0.1, 0.15) is 40.0 Å². The number of nitrogens with two attached hydrogens (primary N) is 1. The summed E-state index contributed by atoms with van der Waals surface area (Å²) in [7, 11) is 0. The summed E-state index contributed by atoms with van der Waals surface area (Å²) in [6.45, 7) is 7.30. The van der Waals surface area contributed by atoms with E-state index in [1.54, 1.807) is 0 Å². The minimum atomic E-state index is -0.638. The van der Waals surface area contributed by atoms with Crippen molar-refractivity contribution in [3.63, 3.8) is 0 Å². The molecule has 0 aliphatic carbocycles. The molecule has 0 spiro atoms. The summed E-state index contributed by atoms with van der Waals surface area (Å²) < 4.78 is 10.8. The molecule has 0 aromatic rings. The molecule has 1 rings (SSSR count). The maximum Gasteiger partial charge on any atom is 0.325 e.